The minimum atomic E-state index is -0.488. The van der Waals surface area contributed by atoms with E-state index in [2.05, 4.69) is 35.7 Å². The topological polar surface area (TPSA) is 103 Å². The van der Waals surface area contributed by atoms with Gasteiger partial charge in [0.1, 0.15) is 0 Å². The van der Waals surface area contributed by atoms with Crippen molar-refractivity contribution in [1.82, 2.24) is 29.7 Å². The highest BCUT2D eigenvalue weighted by Crippen LogP contribution is 2.27. The van der Waals surface area contributed by atoms with Gasteiger partial charge in [0.25, 0.3) is 0 Å². The molecule has 0 spiro atoms. The van der Waals surface area contributed by atoms with Gasteiger partial charge in [0, 0.05) is 13.6 Å². The molecule has 2 N–H and O–H groups in total. The first-order valence-corrected chi connectivity index (χ1v) is 11.1. The van der Waals surface area contributed by atoms with Gasteiger partial charge in [-0.15, -0.1) is 0 Å². The Bertz CT molecular complexity index is 1060. The smallest absolute Gasteiger partial charge is 0.225 e. The molecule has 0 aromatic carbocycles. The Hall–Kier alpha value is -3.30. The molecule has 0 saturated heterocycles. The fourth-order valence-electron chi connectivity index (χ4n) is 3.83. The van der Waals surface area contributed by atoms with Gasteiger partial charge in [-0.1, -0.05) is 6.42 Å². The summed E-state index contributed by atoms with van der Waals surface area (Å²) in [5, 5.41) is 10.4. The number of hydrogen-bond donors (Lipinski definition) is 2. The third-order valence-corrected chi connectivity index (χ3v) is 5.58. The van der Waals surface area contributed by atoms with Crippen molar-refractivity contribution in [2.45, 2.75) is 58.6 Å². The Morgan fingerprint density at radius 1 is 1.09 bits per heavy atom. The molecular formula is C22H29FN8O. The summed E-state index contributed by atoms with van der Waals surface area (Å²) in [5.74, 6) is 1.32. The molecular weight excluding hydrogens is 411 g/mol. The number of aryl methyl sites for hydroxylation is 2. The fourth-order valence-corrected chi connectivity index (χ4v) is 3.83. The second kappa shape index (κ2) is 9.88. The summed E-state index contributed by atoms with van der Waals surface area (Å²) in [7, 11) is 1.85. The molecule has 0 unspecified atom stereocenters. The lowest BCUT2D eigenvalue weighted by molar-refractivity contribution is 0.152. The van der Waals surface area contributed by atoms with E-state index >= 15 is 0 Å². The first-order chi connectivity index (χ1) is 15.5. The summed E-state index contributed by atoms with van der Waals surface area (Å²) in [4.78, 5) is 17.4. The van der Waals surface area contributed by atoms with Crippen LogP contribution >= 0.6 is 0 Å². The Balaban J connectivity index is 1.50. The third kappa shape index (κ3) is 4.95. The van der Waals surface area contributed by atoms with Gasteiger partial charge in [-0.05, 0) is 39.5 Å². The predicted molar refractivity (Wildman–Crippen MR) is 120 cm³/mol. The zero-order valence-corrected chi connectivity index (χ0v) is 18.7. The van der Waals surface area contributed by atoms with Crippen LogP contribution in [0, 0.1) is 12.7 Å². The number of aromatic nitrogens is 6. The van der Waals surface area contributed by atoms with Crippen molar-refractivity contribution in [3.05, 3.63) is 35.8 Å². The van der Waals surface area contributed by atoms with Crippen molar-refractivity contribution in [3.8, 4) is 17.1 Å². The Labute approximate surface area is 186 Å². The van der Waals surface area contributed by atoms with Gasteiger partial charge in [0.05, 0.1) is 48.2 Å². The molecule has 0 atom stereocenters. The summed E-state index contributed by atoms with van der Waals surface area (Å²) in [5.41, 5.74) is 2.48. The molecule has 0 bridgehead atoms. The molecule has 4 rings (SSSR count). The van der Waals surface area contributed by atoms with Crippen LogP contribution < -0.4 is 15.4 Å². The van der Waals surface area contributed by atoms with Crippen molar-refractivity contribution in [3.63, 3.8) is 0 Å². The van der Waals surface area contributed by atoms with E-state index in [0.717, 1.165) is 41.7 Å². The SMILES string of the molecule is CCNc1nc(NCc2c(-c3ncc(OC4CCCCC4)c(C)n3)cnn2C)ncc1F. The minimum Gasteiger partial charge on any atom is -0.487 e. The van der Waals surface area contributed by atoms with E-state index in [1.54, 1.807) is 17.1 Å². The summed E-state index contributed by atoms with van der Waals surface area (Å²) in [6, 6.07) is 0. The molecule has 170 valence electrons. The third-order valence-electron chi connectivity index (χ3n) is 5.58. The van der Waals surface area contributed by atoms with Crippen LogP contribution in [0.5, 0.6) is 5.75 Å². The summed E-state index contributed by atoms with van der Waals surface area (Å²) in [6.07, 6.45) is 10.8. The average Bonchev–Trinajstić information content (AvgIpc) is 3.17. The number of nitrogens with zero attached hydrogens (tertiary/aromatic N) is 6. The first-order valence-electron chi connectivity index (χ1n) is 11.1. The monoisotopic (exact) mass is 440 g/mol. The van der Waals surface area contributed by atoms with Crippen molar-refractivity contribution in [2.75, 3.05) is 17.2 Å². The zero-order chi connectivity index (χ0) is 22.5. The molecule has 3 aromatic rings. The van der Waals surface area contributed by atoms with E-state index in [9.17, 15) is 4.39 Å². The number of anilines is 2. The molecule has 1 saturated carbocycles. The van der Waals surface area contributed by atoms with Crippen LogP contribution in [-0.4, -0.2) is 42.4 Å². The highest BCUT2D eigenvalue weighted by molar-refractivity contribution is 5.58. The van der Waals surface area contributed by atoms with Crippen LogP contribution in [0.3, 0.4) is 0 Å². The van der Waals surface area contributed by atoms with Crippen molar-refractivity contribution in [2.24, 2.45) is 7.05 Å². The van der Waals surface area contributed by atoms with E-state index in [0.29, 0.717) is 24.9 Å². The minimum absolute atomic E-state index is 0.169. The van der Waals surface area contributed by atoms with Crippen LogP contribution in [-0.2, 0) is 13.6 Å². The first kappa shape index (κ1) is 21.9. The molecule has 10 heteroatoms. The van der Waals surface area contributed by atoms with Crippen molar-refractivity contribution < 1.29 is 9.13 Å². The lowest BCUT2D eigenvalue weighted by Crippen LogP contribution is -2.20. The lowest BCUT2D eigenvalue weighted by Gasteiger charge is -2.23. The number of rotatable bonds is 8. The number of ether oxygens (including phenoxy) is 1. The van der Waals surface area contributed by atoms with E-state index in [-0.39, 0.29) is 11.9 Å². The number of nitrogens with one attached hydrogen (secondary N) is 2. The second-order valence-corrected chi connectivity index (χ2v) is 7.92. The molecule has 1 fully saturated rings. The molecule has 3 aromatic heterocycles. The van der Waals surface area contributed by atoms with Crippen LogP contribution in [0.2, 0.25) is 0 Å². The van der Waals surface area contributed by atoms with Gasteiger partial charge in [0.15, 0.2) is 23.2 Å². The lowest BCUT2D eigenvalue weighted by atomic mass is 9.98. The Morgan fingerprint density at radius 2 is 1.91 bits per heavy atom. The zero-order valence-electron chi connectivity index (χ0n) is 18.7. The molecule has 0 aliphatic heterocycles. The summed E-state index contributed by atoms with van der Waals surface area (Å²) in [6.45, 7) is 4.76. The molecule has 1 aliphatic carbocycles. The van der Waals surface area contributed by atoms with Gasteiger partial charge in [-0.2, -0.15) is 10.1 Å². The maximum Gasteiger partial charge on any atom is 0.225 e. The second-order valence-electron chi connectivity index (χ2n) is 7.92. The van der Waals surface area contributed by atoms with Gasteiger partial charge in [-0.25, -0.2) is 19.3 Å². The van der Waals surface area contributed by atoms with Crippen LogP contribution in [0.25, 0.3) is 11.4 Å². The molecule has 1 aliphatic rings. The fraction of sp³-hybridized carbons (Fsp3) is 0.500. The standard InChI is InChI=1S/C22H29FN8O/c1-4-24-21-17(23)11-26-22(30-21)27-12-18-16(10-28-31(18)3)20-25-13-19(14(2)29-20)32-15-8-6-5-7-9-15/h10-11,13,15H,4-9,12H2,1-3H3,(H2,24,26,27,30). The molecule has 0 radical (unpaired) electrons. The average molecular weight is 441 g/mol. The van der Waals surface area contributed by atoms with Crippen molar-refractivity contribution >= 4 is 11.8 Å². The van der Waals surface area contributed by atoms with Crippen LogP contribution in [0.15, 0.2) is 18.6 Å². The van der Waals surface area contributed by atoms with Gasteiger partial charge in [-0.3, -0.25) is 4.68 Å². The van der Waals surface area contributed by atoms with Gasteiger partial charge in [0.2, 0.25) is 5.95 Å². The Kier molecular flexibility index (Phi) is 6.77. The summed E-state index contributed by atoms with van der Waals surface area (Å²) >= 11 is 0. The van der Waals surface area contributed by atoms with E-state index in [1.165, 1.54) is 19.3 Å². The van der Waals surface area contributed by atoms with E-state index in [1.807, 2.05) is 20.9 Å². The largest absolute Gasteiger partial charge is 0.487 e. The number of hydrogen-bond acceptors (Lipinski definition) is 8. The molecule has 3 heterocycles. The number of halogens is 1. The van der Waals surface area contributed by atoms with Crippen LogP contribution in [0.4, 0.5) is 16.2 Å². The maximum atomic E-state index is 13.8. The van der Waals surface area contributed by atoms with E-state index < -0.39 is 5.82 Å². The van der Waals surface area contributed by atoms with Gasteiger partial charge >= 0.3 is 0 Å². The molecule has 0 amide bonds. The van der Waals surface area contributed by atoms with Crippen molar-refractivity contribution in [1.29, 1.82) is 0 Å². The Morgan fingerprint density at radius 3 is 2.66 bits per heavy atom. The highest BCUT2D eigenvalue weighted by Gasteiger charge is 2.19. The maximum absolute atomic E-state index is 13.8. The predicted octanol–water partition coefficient (Wildman–Crippen LogP) is 3.87. The molecule has 9 nitrogen and oxygen atoms in total. The summed E-state index contributed by atoms with van der Waals surface area (Å²) < 4.78 is 21.7. The van der Waals surface area contributed by atoms with Gasteiger partial charge < -0.3 is 15.4 Å². The molecule has 32 heavy (non-hydrogen) atoms. The van der Waals surface area contributed by atoms with Crippen LogP contribution in [0.1, 0.15) is 50.4 Å². The quantitative estimate of drug-likeness (QED) is 0.544. The highest BCUT2D eigenvalue weighted by atomic mass is 19.1. The van der Waals surface area contributed by atoms with E-state index in [4.69, 9.17) is 4.74 Å². The normalized spacial score (nSPS) is 14.4.